The lowest BCUT2D eigenvalue weighted by atomic mass is 11.4. The number of rotatable bonds is 2. The average Bonchev–Trinajstić information content (AvgIpc) is 1.30. The Labute approximate surface area is 40.3 Å². The Kier molecular flexibility index (Phi) is 2.42. The van der Waals surface area contributed by atoms with Gasteiger partial charge in [-0.2, -0.15) is 0 Å². The summed E-state index contributed by atoms with van der Waals surface area (Å²) in [4.78, 5) is 15.7. The van der Waals surface area contributed by atoms with Gasteiger partial charge >= 0.3 is 7.82 Å². The van der Waals surface area contributed by atoms with Gasteiger partial charge in [0.05, 0.1) is 0 Å². The summed E-state index contributed by atoms with van der Waals surface area (Å²) in [6.07, 6.45) is 0. The summed E-state index contributed by atoms with van der Waals surface area (Å²) in [6, 6.07) is 0. The fourth-order valence-electron chi connectivity index (χ4n) is 0.0971. The Balaban J connectivity index is 3.36. The van der Waals surface area contributed by atoms with Crippen molar-refractivity contribution < 1.29 is 18.9 Å². The van der Waals surface area contributed by atoms with Gasteiger partial charge in [-0.25, -0.2) is 4.57 Å². The molecule has 0 aromatic heterocycles. The van der Waals surface area contributed by atoms with E-state index >= 15 is 0 Å². The van der Waals surface area contributed by atoms with Gasteiger partial charge in [-0.3, -0.25) is 4.52 Å². The molecule has 0 aliphatic carbocycles. The topological polar surface area (TPSA) is 92.8 Å². The van der Waals surface area contributed by atoms with E-state index in [0.717, 1.165) is 0 Å². The van der Waals surface area contributed by atoms with Crippen molar-refractivity contribution in [2.24, 2.45) is 5.73 Å². The molecule has 0 amide bonds. The molecule has 0 saturated carbocycles. The van der Waals surface area contributed by atoms with E-state index in [2.05, 4.69) is 10.3 Å². The summed E-state index contributed by atoms with van der Waals surface area (Å²) < 4.78 is 13.3. The van der Waals surface area contributed by atoms with Crippen molar-refractivity contribution in [3.63, 3.8) is 0 Å². The van der Waals surface area contributed by atoms with E-state index in [1.807, 2.05) is 0 Å². The molecule has 0 spiro atoms. The highest BCUT2D eigenvalue weighted by Crippen LogP contribution is 2.34. The molecule has 0 unspecified atom stereocenters. The van der Waals surface area contributed by atoms with Crippen molar-refractivity contribution in [2.75, 3.05) is 6.73 Å². The number of nitrogens with two attached hydrogens (primary N) is 1. The van der Waals surface area contributed by atoms with Gasteiger partial charge in [0, 0.05) is 0 Å². The quantitative estimate of drug-likeness (QED) is 0.327. The van der Waals surface area contributed by atoms with Crippen LogP contribution in [0.2, 0.25) is 0 Å². The van der Waals surface area contributed by atoms with Gasteiger partial charge in [-0.05, 0) is 0 Å². The maximum absolute atomic E-state index is 9.62. The predicted molar refractivity (Wildman–Crippen MR) is 22.2 cm³/mol. The van der Waals surface area contributed by atoms with Crippen LogP contribution in [0, 0.1) is 0 Å². The van der Waals surface area contributed by atoms with Crippen LogP contribution in [0.5, 0.6) is 0 Å². The van der Waals surface area contributed by atoms with Crippen LogP contribution in [0.1, 0.15) is 0 Å². The van der Waals surface area contributed by atoms with Crippen molar-refractivity contribution >= 4 is 7.82 Å². The molecule has 0 saturated heterocycles. The average molecular weight is 127 g/mol. The predicted octanol–water partition coefficient (Wildman–Crippen LogP) is -0.988. The number of hydrogen-bond donors (Lipinski definition) is 3. The Hall–Kier alpha value is 0.0700. The van der Waals surface area contributed by atoms with Crippen LogP contribution in [-0.4, -0.2) is 16.5 Å². The van der Waals surface area contributed by atoms with E-state index in [9.17, 15) is 4.57 Å². The molecule has 0 bridgehead atoms. The Morgan fingerprint density at radius 2 is 2.14 bits per heavy atom. The Morgan fingerprint density at radius 3 is 2.14 bits per heavy atom. The molecule has 7 heavy (non-hydrogen) atoms. The fraction of sp³-hybridized carbons (Fsp3) is 1.00. The van der Waals surface area contributed by atoms with Gasteiger partial charge in [0.25, 0.3) is 0 Å². The second-order valence-corrected chi connectivity index (χ2v) is 2.03. The third kappa shape index (κ3) is 6.07. The normalized spacial score (nSPS) is 11.9. The first kappa shape index (κ1) is 7.07. The molecule has 5 nitrogen and oxygen atoms in total. The standard InChI is InChI=1S/CH6NO4P/c2-1-6-7(3,4)5/h1-2H2,(H2,3,4,5). The molecule has 6 heteroatoms. The monoisotopic (exact) mass is 127 g/mol. The zero-order valence-electron chi connectivity index (χ0n) is 3.44. The molecule has 0 rings (SSSR count). The van der Waals surface area contributed by atoms with Crippen LogP contribution in [0.3, 0.4) is 0 Å². The van der Waals surface area contributed by atoms with Crippen LogP contribution in [-0.2, 0) is 9.09 Å². The molecule has 44 valence electrons. The minimum Gasteiger partial charge on any atom is -0.308 e. The molecule has 0 heterocycles. The summed E-state index contributed by atoms with van der Waals surface area (Å²) >= 11 is 0. The first-order valence-electron chi connectivity index (χ1n) is 1.46. The highest BCUT2D eigenvalue weighted by Gasteiger charge is 2.10. The molecule has 0 aromatic rings. The zero-order valence-corrected chi connectivity index (χ0v) is 4.34. The molecule has 0 atom stereocenters. The van der Waals surface area contributed by atoms with Crippen molar-refractivity contribution in [2.45, 2.75) is 0 Å². The number of phosphoric ester groups is 1. The van der Waals surface area contributed by atoms with Crippen LogP contribution >= 0.6 is 7.82 Å². The van der Waals surface area contributed by atoms with Crippen molar-refractivity contribution in [3.8, 4) is 0 Å². The summed E-state index contributed by atoms with van der Waals surface area (Å²) in [6.45, 7) is -0.454. The molecule has 4 N–H and O–H groups in total. The first-order valence-corrected chi connectivity index (χ1v) is 2.99. The van der Waals surface area contributed by atoms with Gasteiger partial charge in [-0.1, -0.05) is 0 Å². The second-order valence-electron chi connectivity index (χ2n) is 0.786. The fourth-order valence-corrected chi connectivity index (χ4v) is 0.291. The van der Waals surface area contributed by atoms with E-state index in [4.69, 9.17) is 9.79 Å². The maximum Gasteiger partial charge on any atom is 0.470 e. The van der Waals surface area contributed by atoms with E-state index in [1.165, 1.54) is 0 Å². The third-order valence-corrected chi connectivity index (χ3v) is 0.728. The SMILES string of the molecule is NCOP(=O)(O)O. The van der Waals surface area contributed by atoms with Gasteiger partial charge < -0.3 is 15.5 Å². The largest absolute Gasteiger partial charge is 0.470 e. The van der Waals surface area contributed by atoms with Crippen LogP contribution in [0.25, 0.3) is 0 Å². The summed E-state index contributed by atoms with van der Waals surface area (Å²) in [5, 5.41) is 0. The smallest absolute Gasteiger partial charge is 0.308 e. The van der Waals surface area contributed by atoms with Crippen LogP contribution < -0.4 is 5.73 Å². The van der Waals surface area contributed by atoms with E-state index < -0.39 is 14.6 Å². The molecule has 0 aliphatic rings. The van der Waals surface area contributed by atoms with Crippen molar-refractivity contribution in [3.05, 3.63) is 0 Å². The molecular weight excluding hydrogens is 121 g/mol. The molecular formula is CH6NO4P. The lowest BCUT2D eigenvalue weighted by Crippen LogP contribution is -2.01. The summed E-state index contributed by atoms with van der Waals surface area (Å²) in [7, 11) is -4.29. The molecule has 0 radical (unpaired) electrons. The van der Waals surface area contributed by atoms with Crippen LogP contribution in [0.4, 0.5) is 0 Å². The molecule has 0 aromatic carbocycles. The maximum atomic E-state index is 9.62. The van der Waals surface area contributed by atoms with E-state index in [-0.39, 0.29) is 0 Å². The minimum absolute atomic E-state index is 0.454. The van der Waals surface area contributed by atoms with Gasteiger partial charge in [0.2, 0.25) is 0 Å². The Morgan fingerprint density at radius 1 is 1.71 bits per heavy atom. The minimum atomic E-state index is -4.29. The zero-order chi connectivity index (χ0) is 5.91. The van der Waals surface area contributed by atoms with Gasteiger partial charge in [0.15, 0.2) is 0 Å². The van der Waals surface area contributed by atoms with Gasteiger partial charge in [0.1, 0.15) is 6.73 Å². The first-order chi connectivity index (χ1) is 3.06. The van der Waals surface area contributed by atoms with Crippen molar-refractivity contribution in [1.82, 2.24) is 0 Å². The lowest BCUT2D eigenvalue weighted by Gasteiger charge is -1.98. The highest BCUT2D eigenvalue weighted by molar-refractivity contribution is 7.46. The van der Waals surface area contributed by atoms with Crippen molar-refractivity contribution in [1.29, 1.82) is 0 Å². The van der Waals surface area contributed by atoms with Crippen LogP contribution in [0.15, 0.2) is 0 Å². The number of phosphoric acid groups is 1. The highest BCUT2D eigenvalue weighted by atomic mass is 31.2. The summed E-state index contributed by atoms with van der Waals surface area (Å²) in [5.41, 5.74) is 4.60. The molecule has 0 aliphatic heterocycles. The summed E-state index contributed by atoms with van der Waals surface area (Å²) in [5.74, 6) is 0. The third-order valence-electron chi connectivity index (χ3n) is 0.243. The van der Waals surface area contributed by atoms with Gasteiger partial charge in [-0.15, -0.1) is 0 Å². The van der Waals surface area contributed by atoms with E-state index in [1.54, 1.807) is 0 Å². The number of hydrogen-bond acceptors (Lipinski definition) is 3. The molecule has 0 fully saturated rings. The second kappa shape index (κ2) is 2.40. The van der Waals surface area contributed by atoms with E-state index in [0.29, 0.717) is 0 Å². The lowest BCUT2D eigenvalue weighted by molar-refractivity contribution is 0.202. The Bertz CT molecular complexity index is 85.7.